The third-order valence-electron chi connectivity index (χ3n) is 13.5. The number of hydrogen-bond acceptors (Lipinski definition) is 10. The van der Waals surface area contributed by atoms with Crippen molar-refractivity contribution in [3.63, 3.8) is 0 Å². The summed E-state index contributed by atoms with van der Waals surface area (Å²) in [6.07, 6.45) is 10.7. The molecule has 0 aliphatic carbocycles. The zero-order chi connectivity index (χ0) is 33.4. The van der Waals surface area contributed by atoms with Gasteiger partial charge in [0.25, 0.3) is 0 Å². The highest BCUT2D eigenvalue weighted by Gasteiger charge is 2.68. The molecule has 2 N–H and O–H groups in total. The third-order valence-corrected chi connectivity index (χ3v) is 13.5. The van der Waals surface area contributed by atoms with Gasteiger partial charge in [-0.2, -0.15) is 0 Å². The number of ketones is 1. The topological polar surface area (TPSA) is 117 Å². The first kappa shape index (κ1) is 33.6. The number of ether oxygens (including phenoxy) is 8. The van der Waals surface area contributed by atoms with E-state index in [4.69, 9.17) is 43.6 Å². The van der Waals surface area contributed by atoms with Gasteiger partial charge in [0.1, 0.15) is 36.3 Å². The van der Waals surface area contributed by atoms with Gasteiger partial charge in [0.05, 0.1) is 54.9 Å². The summed E-state index contributed by atoms with van der Waals surface area (Å²) < 4.78 is 54.0. The molecule has 10 aliphatic rings. The molecule has 12 unspecified atom stereocenters. The van der Waals surface area contributed by atoms with E-state index in [2.05, 4.69) is 20.1 Å². The molecular formula is C39H57NO9. The molecule has 49 heavy (non-hydrogen) atoms. The Morgan fingerprint density at radius 2 is 1.49 bits per heavy atom. The molecule has 0 aromatic rings. The Hall–Kier alpha value is -1.21. The molecule has 10 aliphatic heterocycles. The quantitative estimate of drug-likeness (QED) is 0.415. The van der Waals surface area contributed by atoms with E-state index in [1.807, 2.05) is 0 Å². The first-order valence-electron chi connectivity index (χ1n) is 19.6. The van der Waals surface area contributed by atoms with Gasteiger partial charge in [0, 0.05) is 32.1 Å². The normalized spacial score (nSPS) is 52.7. The molecule has 0 saturated carbocycles. The van der Waals surface area contributed by atoms with E-state index >= 15 is 0 Å². The Bertz CT molecular complexity index is 1290. The van der Waals surface area contributed by atoms with Crippen LogP contribution in [-0.2, 0) is 42.7 Å². The van der Waals surface area contributed by atoms with Crippen LogP contribution in [0.1, 0.15) is 103 Å². The van der Waals surface area contributed by atoms with Crippen LogP contribution in [0.15, 0.2) is 24.3 Å². The second-order valence-corrected chi connectivity index (χ2v) is 16.9. The molecule has 0 amide bonds. The summed E-state index contributed by atoms with van der Waals surface area (Å²) in [7, 11) is 0. The van der Waals surface area contributed by atoms with Crippen molar-refractivity contribution in [1.29, 1.82) is 0 Å². The molecule has 10 saturated heterocycles. The SMILES string of the molecule is C=C1CC2CC[C@@]34CC5OC6C(O3)[C@H]3OC(CCC3O[C@H]6C5O4)CC(=O)CC3C[C@@H](CCCN)O[C@H]3CC3OC(CCC1O2)CC(C)C3=C. The number of fused-ring (bicyclic) bond motifs is 6. The van der Waals surface area contributed by atoms with Crippen molar-refractivity contribution >= 4 is 5.78 Å². The van der Waals surface area contributed by atoms with Gasteiger partial charge < -0.3 is 43.6 Å². The average Bonchev–Trinajstić information content (AvgIpc) is 3.77. The molecule has 10 fully saturated rings. The van der Waals surface area contributed by atoms with Crippen LogP contribution < -0.4 is 5.73 Å². The lowest BCUT2D eigenvalue weighted by Crippen LogP contribution is -2.61. The van der Waals surface area contributed by atoms with E-state index in [9.17, 15) is 4.79 Å². The minimum Gasteiger partial charge on any atom is -0.375 e. The molecule has 10 rings (SSSR count). The number of hydrogen-bond donors (Lipinski definition) is 1. The summed E-state index contributed by atoms with van der Waals surface area (Å²) in [5.74, 6) is 0.00304. The van der Waals surface area contributed by atoms with Crippen LogP contribution in [0.25, 0.3) is 0 Å². The fraction of sp³-hybridized carbons (Fsp3) is 0.872. The largest absolute Gasteiger partial charge is 0.375 e. The van der Waals surface area contributed by atoms with E-state index in [0.717, 1.165) is 82.6 Å². The average molecular weight is 684 g/mol. The Kier molecular flexibility index (Phi) is 9.14. The molecule has 0 radical (unpaired) electrons. The van der Waals surface area contributed by atoms with Gasteiger partial charge in [-0.3, -0.25) is 4.79 Å². The van der Waals surface area contributed by atoms with Gasteiger partial charge >= 0.3 is 0 Å². The lowest BCUT2D eigenvalue weighted by molar-refractivity contribution is -0.292. The van der Waals surface area contributed by atoms with Gasteiger partial charge in [-0.15, -0.1) is 0 Å². The van der Waals surface area contributed by atoms with Crippen LogP contribution in [0.4, 0.5) is 0 Å². The molecule has 17 atom stereocenters. The van der Waals surface area contributed by atoms with Crippen LogP contribution in [0.2, 0.25) is 0 Å². The predicted molar refractivity (Wildman–Crippen MR) is 179 cm³/mol. The molecule has 0 aromatic heterocycles. The zero-order valence-corrected chi connectivity index (χ0v) is 29.2. The highest BCUT2D eigenvalue weighted by atomic mass is 16.8. The summed E-state index contributed by atoms with van der Waals surface area (Å²) >= 11 is 0. The van der Waals surface area contributed by atoms with E-state index < -0.39 is 5.79 Å². The summed E-state index contributed by atoms with van der Waals surface area (Å²) in [5.41, 5.74) is 8.19. The Balaban J connectivity index is 0.973. The monoisotopic (exact) mass is 683 g/mol. The Morgan fingerprint density at radius 3 is 2.37 bits per heavy atom. The van der Waals surface area contributed by atoms with Crippen LogP contribution in [0.5, 0.6) is 0 Å². The third kappa shape index (κ3) is 6.33. The number of carbonyl (C=O) groups is 1. The fourth-order valence-corrected chi connectivity index (χ4v) is 11.0. The van der Waals surface area contributed by atoms with Gasteiger partial charge in [-0.25, -0.2) is 0 Å². The number of rotatable bonds is 3. The molecule has 0 aromatic carbocycles. The van der Waals surface area contributed by atoms with Crippen molar-refractivity contribution in [3.8, 4) is 0 Å². The van der Waals surface area contributed by atoms with Crippen LogP contribution in [0.3, 0.4) is 0 Å². The van der Waals surface area contributed by atoms with Crippen molar-refractivity contribution in [2.45, 2.75) is 194 Å². The minimum atomic E-state index is -0.741. The van der Waals surface area contributed by atoms with Crippen molar-refractivity contribution in [2.24, 2.45) is 17.6 Å². The molecule has 10 nitrogen and oxygen atoms in total. The Labute approximate surface area is 291 Å². The minimum absolute atomic E-state index is 0.0316. The van der Waals surface area contributed by atoms with E-state index in [0.29, 0.717) is 31.7 Å². The highest BCUT2D eigenvalue weighted by molar-refractivity contribution is 5.79. The molecule has 10 heteroatoms. The van der Waals surface area contributed by atoms with Gasteiger partial charge in [0.2, 0.25) is 0 Å². The number of Topliss-reactive ketones (excluding diaryl/α,β-unsaturated/α-hetero) is 1. The summed E-state index contributed by atoms with van der Waals surface area (Å²) in [6, 6.07) is 0. The van der Waals surface area contributed by atoms with Crippen molar-refractivity contribution in [1.82, 2.24) is 0 Å². The fourth-order valence-electron chi connectivity index (χ4n) is 11.0. The second kappa shape index (κ2) is 13.3. The molecule has 12 bridgehead atoms. The van der Waals surface area contributed by atoms with Crippen molar-refractivity contribution < 1.29 is 42.7 Å². The van der Waals surface area contributed by atoms with Gasteiger partial charge in [0.15, 0.2) is 5.79 Å². The summed E-state index contributed by atoms with van der Waals surface area (Å²) in [4.78, 5) is 13.8. The van der Waals surface area contributed by atoms with Crippen molar-refractivity contribution in [3.05, 3.63) is 24.3 Å². The molecule has 272 valence electrons. The zero-order valence-electron chi connectivity index (χ0n) is 29.2. The lowest BCUT2D eigenvalue weighted by atomic mass is 9.82. The smallest absolute Gasteiger partial charge is 0.172 e. The van der Waals surface area contributed by atoms with E-state index in [-0.39, 0.29) is 97.2 Å². The van der Waals surface area contributed by atoms with Gasteiger partial charge in [-0.1, -0.05) is 20.1 Å². The maximum atomic E-state index is 13.8. The summed E-state index contributed by atoms with van der Waals surface area (Å²) in [6.45, 7) is 11.8. The predicted octanol–water partition coefficient (Wildman–Crippen LogP) is 4.84. The van der Waals surface area contributed by atoms with Gasteiger partial charge in [-0.05, 0) is 93.7 Å². The van der Waals surface area contributed by atoms with E-state index in [1.54, 1.807) is 0 Å². The molecule has 10 heterocycles. The Morgan fingerprint density at radius 1 is 0.714 bits per heavy atom. The maximum absolute atomic E-state index is 13.8. The summed E-state index contributed by atoms with van der Waals surface area (Å²) in [5, 5.41) is 0. The van der Waals surface area contributed by atoms with Crippen LogP contribution in [-0.4, -0.2) is 104 Å². The lowest BCUT2D eigenvalue weighted by Gasteiger charge is -2.47. The first-order valence-corrected chi connectivity index (χ1v) is 19.6. The first-order chi connectivity index (χ1) is 23.7. The number of carbonyl (C=O) groups excluding carboxylic acids is 1. The van der Waals surface area contributed by atoms with E-state index in [1.165, 1.54) is 5.57 Å². The molecule has 1 spiro atoms. The highest BCUT2D eigenvalue weighted by Crippen LogP contribution is 2.54. The standard InChI is InChI=1S/C39H57NO9/c1-20-13-26-6-8-29-21(2)14-28(42-29)10-11-39-19-33-35(48-39)36-37(47-33)38(49-39)34-30(46-36)9-7-27(45-34)17-24(41)15-23-16-25(5-4-12-40)44-32(23)18-31(43-26)22(20)3/h20,23,25-38H,2-19,40H2,1H3/t20?,23?,25-,26?,27?,28?,29?,30?,31?,32+,33?,34+,35?,36+,37?,38?,39+/m1/s1. The van der Waals surface area contributed by atoms with Crippen LogP contribution in [0, 0.1) is 11.8 Å². The maximum Gasteiger partial charge on any atom is 0.172 e. The number of nitrogens with two attached hydrogens (primary N) is 1. The van der Waals surface area contributed by atoms with Crippen molar-refractivity contribution in [2.75, 3.05) is 6.54 Å². The second-order valence-electron chi connectivity index (χ2n) is 16.9. The van der Waals surface area contributed by atoms with Crippen LogP contribution >= 0.6 is 0 Å². The molecular weight excluding hydrogens is 626 g/mol.